The number of carbonyl (C=O) groups is 4. The van der Waals surface area contributed by atoms with Crippen molar-refractivity contribution in [2.75, 3.05) is 16.8 Å². The Morgan fingerprint density at radius 2 is 1.76 bits per heavy atom. The fourth-order valence-corrected chi connectivity index (χ4v) is 4.28. The Morgan fingerprint density at radius 1 is 1.00 bits per heavy atom. The van der Waals surface area contributed by atoms with Crippen molar-refractivity contribution in [2.24, 2.45) is 5.92 Å². The fourth-order valence-electron chi connectivity index (χ4n) is 4.28. The lowest BCUT2D eigenvalue weighted by molar-refractivity contribution is -0.138. The highest BCUT2D eigenvalue weighted by Gasteiger charge is 2.36. The molecule has 3 aromatic rings. The Balaban J connectivity index is 1.38. The number of amides is 4. The summed E-state index contributed by atoms with van der Waals surface area (Å²) in [4.78, 5) is 50.9. The van der Waals surface area contributed by atoms with E-state index in [0.29, 0.717) is 23.5 Å². The molecule has 196 valence electrons. The Morgan fingerprint density at radius 3 is 2.50 bits per heavy atom. The molecule has 10 heteroatoms. The summed E-state index contributed by atoms with van der Waals surface area (Å²) >= 11 is 0. The minimum atomic E-state index is -1.15. The third-order valence-corrected chi connectivity index (χ3v) is 6.15. The second-order valence-corrected chi connectivity index (χ2v) is 8.96. The summed E-state index contributed by atoms with van der Waals surface area (Å²) in [6.07, 6.45) is -0.496. The molecule has 38 heavy (non-hydrogen) atoms. The van der Waals surface area contributed by atoms with Crippen molar-refractivity contribution in [1.29, 1.82) is 0 Å². The van der Waals surface area contributed by atoms with Gasteiger partial charge in [0.2, 0.25) is 11.8 Å². The molecular weight excluding hydrogens is 491 g/mol. The number of carbonyl (C=O) groups excluding carboxylic acids is 3. The molecule has 0 aromatic heterocycles. The normalized spacial score (nSPS) is 15.6. The third-order valence-electron chi connectivity index (χ3n) is 6.15. The van der Waals surface area contributed by atoms with Crippen LogP contribution in [0.3, 0.4) is 0 Å². The third kappa shape index (κ3) is 6.94. The van der Waals surface area contributed by atoms with Gasteiger partial charge in [-0.05, 0) is 41.5 Å². The van der Waals surface area contributed by atoms with Gasteiger partial charge in [-0.3, -0.25) is 14.4 Å². The molecule has 2 atom stereocenters. The summed E-state index contributed by atoms with van der Waals surface area (Å²) in [5.41, 5.74) is 2.26. The molecule has 0 saturated carbocycles. The predicted octanol–water partition coefficient (Wildman–Crippen LogP) is 3.83. The van der Waals surface area contributed by atoms with Crippen molar-refractivity contribution in [1.82, 2.24) is 10.6 Å². The summed E-state index contributed by atoms with van der Waals surface area (Å²) in [5.74, 6) is -3.20. The summed E-state index contributed by atoms with van der Waals surface area (Å²) in [7, 11) is 0. The lowest BCUT2D eigenvalue weighted by Gasteiger charge is -2.21. The van der Waals surface area contributed by atoms with E-state index in [0.717, 1.165) is 5.56 Å². The fraction of sp³-hybridized carbons (Fsp3) is 0.214. The van der Waals surface area contributed by atoms with Gasteiger partial charge in [0.1, 0.15) is 5.82 Å². The first-order chi connectivity index (χ1) is 18.3. The number of benzene rings is 3. The van der Waals surface area contributed by atoms with Crippen molar-refractivity contribution >= 4 is 35.2 Å². The largest absolute Gasteiger partial charge is 0.481 e. The number of nitrogens with one attached hydrogen (secondary N) is 3. The quantitative estimate of drug-likeness (QED) is 0.342. The summed E-state index contributed by atoms with van der Waals surface area (Å²) in [6, 6.07) is 20.2. The van der Waals surface area contributed by atoms with Crippen molar-refractivity contribution in [3.8, 4) is 0 Å². The molecule has 0 bridgehead atoms. The number of rotatable bonds is 9. The molecule has 1 fully saturated rings. The van der Waals surface area contributed by atoms with Crippen LogP contribution in [-0.4, -0.2) is 35.5 Å². The first-order valence-corrected chi connectivity index (χ1v) is 12.1. The van der Waals surface area contributed by atoms with Gasteiger partial charge < -0.3 is 26.0 Å². The van der Waals surface area contributed by atoms with E-state index in [1.165, 1.54) is 29.2 Å². The zero-order chi connectivity index (χ0) is 27.1. The van der Waals surface area contributed by atoms with Gasteiger partial charge in [-0.2, -0.15) is 0 Å². The molecular formula is C28H27FN4O5. The number of aliphatic carboxylic acids is 1. The van der Waals surface area contributed by atoms with E-state index in [9.17, 15) is 28.7 Å². The molecule has 0 radical (unpaired) electrons. The lowest BCUT2D eigenvalue weighted by atomic mass is 10.0. The van der Waals surface area contributed by atoms with E-state index in [1.54, 1.807) is 24.3 Å². The molecule has 9 nitrogen and oxygen atoms in total. The van der Waals surface area contributed by atoms with Crippen molar-refractivity contribution < 1.29 is 28.7 Å². The van der Waals surface area contributed by atoms with Crippen LogP contribution in [0, 0.1) is 11.7 Å². The van der Waals surface area contributed by atoms with Crippen LogP contribution in [-0.2, 0) is 20.9 Å². The van der Waals surface area contributed by atoms with Crippen LogP contribution in [0.5, 0.6) is 0 Å². The number of urea groups is 1. The number of hydrogen-bond donors (Lipinski definition) is 4. The molecule has 4 rings (SSSR count). The zero-order valence-corrected chi connectivity index (χ0v) is 20.4. The summed E-state index contributed by atoms with van der Waals surface area (Å²) in [5, 5.41) is 17.4. The van der Waals surface area contributed by atoms with Crippen LogP contribution in [0.1, 0.15) is 30.0 Å². The second kappa shape index (κ2) is 12.0. The van der Waals surface area contributed by atoms with Crippen LogP contribution in [0.25, 0.3) is 0 Å². The number of halogens is 1. The van der Waals surface area contributed by atoms with Gasteiger partial charge in [0.15, 0.2) is 0 Å². The Bertz CT molecular complexity index is 1330. The minimum absolute atomic E-state index is 0.0655. The van der Waals surface area contributed by atoms with Crippen molar-refractivity contribution in [3.63, 3.8) is 0 Å². The molecule has 4 N–H and O–H groups in total. The Kier molecular flexibility index (Phi) is 8.32. The van der Waals surface area contributed by atoms with Gasteiger partial charge in [-0.25, -0.2) is 9.18 Å². The standard InChI is InChI=1S/C28H27FN4O5/c29-21-9-4-8-19(12-21)24(15-26(35)36)32-27(37)20-13-25(34)33(17-20)23-11-5-10-22(14-23)31-28(38)30-16-18-6-2-1-3-7-18/h1-12,14,20,24H,13,15-17H2,(H,32,37)(H,35,36)(H2,30,31,38)/t20-,24-/m0/s1. The average Bonchev–Trinajstić information content (AvgIpc) is 3.29. The average molecular weight is 519 g/mol. The van der Waals surface area contributed by atoms with Gasteiger partial charge in [0, 0.05) is 30.9 Å². The maximum Gasteiger partial charge on any atom is 0.319 e. The molecule has 1 aliphatic heterocycles. The molecule has 1 heterocycles. The van der Waals surface area contributed by atoms with Crippen molar-refractivity contribution in [2.45, 2.75) is 25.4 Å². The smallest absolute Gasteiger partial charge is 0.319 e. The van der Waals surface area contributed by atoms with Crippen LogP contribution < -0.4 is 20.9 Å². The maximum atomic E-state index is 13.7. The molecule has 1 aliphatic rings. The van der Waals surface area contributed by atoms with Gasteiger partial charge in [0.05, 0.1) is 18.4 Å². The van der Waals surface area contributed by atoms with Gasteiger partial charge >= 0.3 is 12.0 Å². The van der Waals surface area contributed by atoms with E-state index in [2.05, 4.69) is 16.0 Å². The van der Waals surface area contributed by atoms with Gasteiger partial charge in [0.25, 0.3) is 0 Å². The minimum Gasteiger partial charge on any atom is -0.481 e. The van der Waals surface area contributed by atoms with Crippen LogP contribution in [0.2, 0.25) is 0 Å². The second-order valence-electron chi connectivity index (χ2n) is 8.96. The molecule has 1 saturated heterocycles. The highest BCUT2D eigenvalue weighted by Crippen LogP contribution is 2.28. The van der Waals surface area contributed by atoms with E-state index >= 15 is 0 Å². The monoisotopic (exact) mass is 518 g/mol. The van der Waals surface area contributed by atoms with Gasteiger partial charge in [-0.15, -0.1) is 0 Å². The predicted molar refractivity (Wildman–Crippen MR) is 139 cm³/mol. The van der Waals surface area contributed by atoms with Crippen LogP contribution in [0.15, 0.2) is 78.9 Å². The highest BCUT2D eigenvalue weighted by molar-refractivity contribution is 6.01. The number of hydrogen-bond acceptors (Lipinski definition) is 4. The maximum absolute atomic E-state index is 13.7. The number of carboxylic acids is 1. The number of carboxylic acid groups (broad SMARTS) is 1. The van der Waals surface area contributed by atoms with Crippen LogP contribution in [0.4, 0.5) is 20.6 Å². The number of nitrogens with zero attached hydrogens (tertiary/aromatic N) is 1. The number of anilines is 2. The highest BCUT2D eigenvalue weighted by atomic mass is 19.1. The Labute approximate surface area is 218 Å². The lowest BCUT2D eigenvalue weighted by Crippen LogP contribution is -2.36. The topological polar surface area (TPSA) is 128 Å². The van der Waals surface area contributed by atoms with E-state index in [4.69, 9.17) is 0 Å². The molecule has 4 amide bonds. The van der Waals surface area contributed by atoms with Gasteiger partial charge in [-0.1, -0.05) is 48.5 Å². The molecule has 0 spiro atoms. The Hall–Kier alpha value is -4.73. The van der Waals surface area contributed by atoms with E-state index in [-0.39, 0.29) is 18.9 Å². The van der Waals surface area contributed by atoms with Crippen LogP contribution >= 0.6 is 0 Å². The van der Waals surface area contributed by atoms with E-state index in [1.807, 2.05) is 30.3 Å². The summed E-state index contributed by atoms with van der Waals surface area (Å²) < 4.78 is 13.7. The SMILES string of the molecule is O=C(O)C[C@H](NC(=O)[C@H]1CC(=O)N(c2cccc(NC(=O)NCc3ccccc3)c2)C1)c1cccc(F)c1. The first-order valence-electron chi connectivity index (χ1n) is 12.1. The molecule has 0 unspecified atom stereocenters. The first kappa shape index (κ1) is 26.3. The zero-order valence-electron chi connectivity index (χ0n) is 20.4. The summed E-state index contributed by atoms with van der Waals surface area (Å²) in [6.45, 7) is 0.434. The molecule has 0 aliphatic carbocycles. The van der Waals surface area contributed by atoms with E-state index < -0.39 is 42.1 Å². The molecule has 3 aromatic carbocycles. The van der Waals surface area contributed by atoms with Crippen molar-refractivity contribution in [3.05, 3.63) is 95.8 Å².